The molecular formula is C24H32N4O2. The van der Waals surface area contributed by atoms with Gasteiger partial charge in [-0.2, -0.15) is 0 Å². The Balaban J connectivity index is 1.28. The fourth-order valence-electron chi connectivity index (χ4n) is 3.09. The lowest BCUT2D eigenvalue weighted by Gasteiger charge is -2.12. The highest BCUT2D eigenvalue weighted by Gasteiger charge is 2.23. The molecule has 2 aromatic carbocycles. The highest BCUT2D eigenvalue weighted by molar-refractivity contribution is 5.79. The Kier molecular flexibility index (Phi) is 8.57. The van der Waals surface area contributed by atoms with Crippen LogP contribution in [0.15, 0.2) is 59.6 Å². The van der Waals surface area contributed by atoms with Crippen LogP contribution in [0.5, 0.6) is 5.75 Å². The summed E-state index contributed by atoms with van der Waals surface area (Å²) in [5.41, 5.74) is 2.56. The van der Waals surface area contributed by atoms with Crippen LogP contribution in [0.25, 0.3) is 0 Å². The summed E-state index contributed by atoms with van der Waals surface area (Å²) in [6, 6.07) is 18.8. The van der Waals surface area contributed by atoms with Gasteiger partial charge in [0.05, 0.1) is 0 Å². The Labute approximate surface area is 179 Å². The summed E-state index contributed by atoms with van der Waals surface area (Å²) in [4.78, 5) is 16.0. The molecule has 0 aliphatic heterocycles. The number of nitrogens with one attached hydrogen (secondary N) is 3. The number of carbonyl (C=O) groups is 1. The van der Waals surface area contributed by atoms with Crippen LogP contribution in [0.2, 0.25) is 0 Å². The predicted octanol–water partition coefficient (Wildman–Crippen LogP) is 2.68. The van der Waals surface area contributed by atoms with Crippen LogP contribution in [-0.2, 0) is 17.6 Å². The number of ether oxygens (including phenoxy) is 1. The number of carbonyl (C=O) groups excluding carboxylic acids is 1. The third kappa shape index (κ3) is 8.15. The molecule has 0 aromatic heterocycles. The van der Waals surface area contributed by atoms with Crippen molar-refractivity contribution in [2.45, 2.75) is 38.1 Å². The van der Waals surface area contributed by atoms with Crippen molar-refractivity contribution in [3.05, 3.63) is 65.7 Å². The summed E-state index contributed by atoms with van der Waals surface area (Å²) < 4.78 is 5.54. The van der Waals surface area contributed by atoms with Gasteiger partial charge in [-0.15, -0.1) is 0 Å². The molecule has 1 fully saturated rings. The van der Waals surface area contributed by atoms with Gasteiger partial charge in [-0.25, -0.2) is 0 Å². The Morgan fingerprint density at radius 3 is 2.37 bits per heavy atom. The first-order valence-corrected chi connectivity index (χ1v) is 10.7. The average Bonchev–Trinajstić information content (AvgIpc) is 3.59. The van der Waals surface area contributed by atoms with Crippen LogP contribution in [0.4, 0.5) is 0 Å². The summed E-state index contributed by atoms with van der Waals surface area (Å²) >= 11 is 0. The SMILES string of the molecule is CN=C(NCCCc1ccccc1)NCCc1ccc(OCC(=O)NC2CC2)cc1. The fraction of sp³-hybridized carbons (Fsp3) is 0.417. The van der Waals surface area contributed by atoms with Gasteiger partial charge in [0, 0.05) is 26.2 Å². The monoisotopic (exact) mass is 408 g/mol. The molecule has 6 heteroatoms. The molecule has 1 saturated carbocycles. The number of hydrogen-bond acceptors (Lipinski definition) is 3. The third-order valence-electron chi connectivity index (χ3n) is 4.94. The standard InChI is InChI=1S/C24H32N4O2/c1-25-24(26-16-5-8-19-6-3-2-4-7-19)27-17-15-20-9-13-22(14-10-20)30-18-23(29)28-21-11-12-21/h2-4,6-7,9-10,13-14,21H,5,8,11-12,15-18H2,1H3,(H,28,29)(H2,25,26,27). The molecule has 0 radical (unpaired) electrons. The minimum Gasteiger partial charge on any atom is -0.484 e. The second-order valence-electron chi connectivity index (χ2n) is 7.54. The number of nitrogens with zero attached hydrogens (tertiary/aromatic N) is 1. The van der Waals surface area contributed by atoms with Crippen molar-refractivity contribution < 1.29 is 9.53 Å². The highest BCUT2D eigenvalue weighted by atomic mass is 16.5. The molecule has 0 bridgehead atoms. The minimum atomic E-state index is -0.0478. The van der Waals surface area contributed by atoms with E-state index >= 15 is 0 Å². The van der Waals surface area contributed by atoms with Crippen molar-refractivity contribution in [3.8, 4) is 5.75 Å². The molecule has 3 rings (SSSR count). The van der Waals surface area contributed by atoms with Gasteiger partial charge in [-0.3, -0.25) is 9.79 Å². The van der Waals surface area contributed by atoms with E-state index in [1.165, 1.54) is 11.1 Å². The lowest BCUT2D eigenvalue weighted by Crippen LogP contribution is -2.38. The van der Waals surface area contributed by atoms with Crippen LogP contribution in [0.1, 0.15) is 30.4 Å². The van der Waals surface area contributed by atoms with E-state index in [4.69, 9.17) is 4.74 Å². The lowest BCUT2D eigenvalue weighted by molar-refractivity contribution is -0.123. The summed E-state index contributed by atoms with van der Waals surface area (Å²) in [7, 11) is 1.79. The molecule has 0 spiro atoms. The highest BCUT2D eigenvalue weighted by Crippen LogP contribution is 2.18. The largest absolute Gasteiger partial charge is 0.484 e. The van der Waals surface area contributed by atoms with E-state index < -0.39 is 0 Å². The maximum absolute atomic E-state index is 11.7. The van der Waals surface area contributed by atoms with Crippen molar-refractivity contribution in [1.82, 2.24) is 16.0 Å². The number of guanidine groups is 1. The molecule has 0 heterocycles. The molecule has 0 unspecified atom stereocenters. The van der Waals surface area contributed by atoms with Crippen molar-refractivity contribution in [2.24, 2.45) is 4.99 Å². The van der Waals surface area contributed by atoms with Crippen molar-refractivity contribution in [1.29, 1.82) is 0 Å². The molecule has 2 aromatic rings. The minimum absolute atomic E-state index is 0.0478. The molecule has 0 saturated heterocycles. The van der Waals surface area contributed by atoms with E-state index in [9.17, 15) is 4.79 Å². The molecule has 3 N–H and O–H groups in total. The zero-order valence-corrected chi connectivity index (χ0v) is 17.7. The lowest BCUT2D eigenvalue weighted by atomic mass is 10.1. The van der Waals surface area contributed by atoms with Crippen molar-refractivity contribution in [2.75, 3.05) is 26.7 Å². The van der Waals surface area contributed by atoms with E-state index in [1.807, 2.05) is 30.3 Å². The quantitative estimate of drug-likeness (QED) is 0.304. The van der Waals surface area contributed by atoms with Gasteiger partial charge in [-0.1, -0.05) is 42.5 Å². The van der Waals surface area contributed by atoms with E-state index in [0.717, 1.165) is 51.2 Å². The summed E-state index contributed by atoms with van der Waals surface area (Å²) in [5.74, 6) is 1.49. The zero-order chi connectivity index (χ0) is 21.0. The average molecular weight is 409 g/mol. The molecule has 1 aliphatic carbocycles. The van der Waals surface area contributed by atoms with Gasteiger partial charge in [0.15, 0.2) is 12.6 Å². The number of hydrogen-bond donors (Lipinski definition) is 3. The van der Waals surface area contributed by atoms with Gasteiger partial charge in [0.25, 0.3) is 5.91 Å². The topological polar surface area (TPSA) is 74.8 Å². The Morgan fingerprint density at radius 1 is 0.967 bits per heavy atom. The van der Waals surface area contributed by atoms with E-state index in [1.54, 1.807) is 7.05 Å². The van der Waals surface area contributed by atoms with Crippen LogP contribution in [0.3, 0.4) is 0 Å². The Morgan fingerprint density at radius 2 is 1.67 bits per heavy atom. The van der Waals surface area contributed by atoms with Gasteiger partial charge in [0.1, 0.15) is 5.75 Å². The maximum Gasteiger partial charge on any atom is 0.258 e. The molecule has 0 atom stereocenters. The number of amides is 1. The Hall–Kier alpha value is -3.02. The normalized spacial score (nSPS) is 13.6. The number of benzene rings is 2. The number of rotatable bonds is 11. The second-order valence-corrected chi connectivity index (χ2v) is 7.54. The van der Waals surface area contributed by atoms with E-state index in [-0.39, 0.29) is 12.5 Å². The molecular weight excluding hydrogens is 376 g/mol. The first-order valence-electron chi connectivity index (χ1n) is 10.7. The maximum atomic E-state index is 11.7. The van der Waals surface area contributed by atoms with Gasteiger partial charge >= 0.3 is 0 Å². The van der Waals surface area contributed by atoms with Crippen LogP contribution < -0.4 is 20.7 Å². The molecule has 1 aliphatic rings. The van der Waals surface area contributed by atoms with Crippen LogP contribution in [-0.4, -0.2) is 44.7 Å². The van der Waals surface area contributed by atoms with Gasteiger partial charge in [0.2, 0.25) is 0 Å². The summed E-state index contributed by atoms with van der Waals surface area (Å²) in [6.45, 7) is 1.75. The fourth-order valence-corrected chi connectivity index (χ4v) is 3.09. The van der Waals surface area contributed by atoms with Crippen LogP contribution >= 0.6 is 0 Å². The Bertz CT molecular complexity index is 802. The first-order chi connectivity index (χ1) is 14.7. The van der Waals surface area contributed by atoms with Crippen molar-refractivity contribution >= 4 is 11.9 Å². The number of aliphatic imine (C=N–C) groups is 1. The number of aryl methyl sites for hydroxylation is 1. The summed E-state index contributed by atoms with van der Waals surface area (Å²) in [5, 5.41) is 9.63. The first kappa shape index (κ1) is 21.7. The predicted molar refractivity (Wildman–Crippen MR) is 121 cm³/mol. The smallest absolute Gasteiger partial charge is 0.258 e. The molecule has 6 nitrogen and oxygen atoms in total. The van der Waals surface area contributed by atoms with Gasteiger partial charge < -0.3 is 20.7 Å². The zero-order valence-electron chi connectivity index (χ0n) is 17.7. The molecule has 30 heavy (non-hydrogen) atoms. The van der Waals surface area contributed by atoms with E-state index in [0.29, 0.717) is 11.8 Å². The van der Waals surface area contributed by atoms with E-state index in [2.05, 4.69) is 45.2 Å². The summed E-state index contributed by atoms with van der Waals surface area (Å²) in [6.07, 6.45) is 5.17. The third-order valence-corrected chi connectivity index (χ3v) is 4.94. The van der Waals surface area contributed by atoms with Gasteiger partial charge in [-0.05, 0) is 55.4 Å². The second kappa shape index (κ2) is 11.9. The molecule has 160 valence electrons. The molecule has 1 amide bonds. The van der Waals surface area contributed by atoms with Crippen molar-refractivity contribution in [3.63, 3.8) is 0 Å². The van der Waals surface area contributed by atoms with Crippen LogP contribution in [0, 0.1) is 0 Å².